The van der Waals surface area contributed by atoms with Crippen molar-refractivity contribution in [2.45, 2.75) is 33.6 Å². The zero-order chi connectivity index (χ0) is 15.6. The zero-order valence-corrected chi connectivity index (χ0v) is 13.3. The van der Waals surface area contributed by atoms with Gasteiger partial charge >= 0.3 is 0 Å². The molecule has 0 saturated carbocycles. The predicted molar refractivity (Wildman–Crippen MR) is 85.2 cm³/mol. The van der Waals surface area contributed by atoms with Gasteiger partial charge in [0.05, 0.1) is 11.4 Å². The van der Waals surface area contributed by atoms with Gasteiger partial charge in [0.1, 0.15) is 5.82 Å². The van der Waals surface area contributed by atoms with Gasteiger partial charge in [0.2, 0.25) is 5.95 Å². The van der Waals surface area contributed by atoms with Gasteiger partial charge in [-0.3, -0.25) is 0 Å². The Morgan fingerprint density at radius 3 is 2.29 bits per heavy atom. The van der Waals surface area contributed by atoms with Gasteiger partial charge in [0.15, 0.2) is 0 Å². The van der Waals surface area contributed by atoms with Crippen LogP contribution in [0.15, 0.2) is 24.3 Å². The summed E-state index contributed by atoms with van der Waals surface area (Å²) in [6.45, 7) is 9.18. The van der Waals surface area contributed by atoms with Crippen LogP contribution in [0.5, 0.6) is 0 Å². The number of rotatable bonds is 4. The summed E-state index contributed by atoms with van der Waals surface area (Å²) in [5, 5.41) is 0. The Bertz CT molecular complexity index is 621. The highest BCUT2D eigenvalue weighted by atomic mass is 19.1. The van der Waals surface area contributed by atoms with Gasteiger partial charge < -0.3 is 4.90 Å². The lowest BCUT2D eigenvalue weighted by Crippen LogP contribution is -2.20. The van der Waals surface area contributed by atoms with Gasteiger partial charge in [-0.15, -0.1) is 0 Å². The molecule has 2 aromatic rings. The molecule has 0 saturated heterocycles. The number of nitrogens with zero attached hydrogens (tertiary/aromatic N) is 3. The molecule has 4 heteroatoms. The molecule has 1 aromatic heterocycles. The van der Waals surface area contributed by atoms with Crippen LogP contribution in [0, 0.1) is 12.7 Å². The fraction of sp³-hybridized carbons (Fsp3) is 0.412. The van der Waals surface area contributed by atoms with Crippen LogP contribution in [0.4, 0.5) is 10.3 Å². The molecule has 21 heavy (non-hydrogen) atoms. The Hall–Kier alpha value is -1.97. The van der Waals surface area contributed by atoms with E-state index in [1.807, 2.05) is 18.9 Å². The maximum atomic E-state index is 13.1. The molecule has 0 radical (unpaired) electrons. The molecule has 0 spiro atoms. The molecular formula is C17H22FN3. The van der Waals surface area contributed by atoms with Gasteiger partial charge in [-0.05, 0) is 49.6 Å². The van der Waals surface area contributed by atoms with E-state index < -0.39 is 0 Å². The van der Waals surface area contributed by atoms with E-state index >= 15 is 0 Å². The number of hydrogen-bond acceptors (Lipinski definition) is 3. The molecule has 0 atom stereocenters. The number of benzene rings is 1. The molecule has 0 aliphatic rings. The van der Waals surface area contributed by atoms with Crippen LogP contribution in [0.2, 0.25) is 0 Å². The van der Waals surface area contributed by atoms with E-state index in [1.54, 1.807) is 12.1 Å². The van der Waals surface area contributed by atoms with E-state index in [4.69, 9.17) is 0 Å². The SMILES string of the molecule is CCN(C)c1nc(-c2ccc(F)cc2)c(C)c(C(C)C)n1. The highest BCUT2D eigenvalue weighted by Crippen LogP contribution is 2.29. The average molecular weight is 287 g/mol. The third-order valence-corrected chi connectivity index (χ3v) is 3.65. The average Bonchev–Trinajstić information content (AvgIpc) is 2.47. The van der Waals surface area contributed by atoms with Crippen LogP contribution in [0.1, 0.15) is 37.9 Å². The quantitative estimate of drug-likeness (QED) is 0.845. The summed E-state index contributed by atoms with van der Waals surface area (Å²) in [5.41, 5.74) is 3.90. The maximum absolute atomic E-state index is 13.1. The minimum Gasteiger partial charge on any atom is -0.344 e. The van der Waals surface area contributed by atoms with E-state index in [1.165, 1.54) is 12.1 Å². The lowest BCUT2D eigenvalue weighted by Gasteiger charge is -2.20. The molecular weight excluding hydrogens is 265 g/mol. The van der Waals surface area contributed by atoms with Gasteiger partial charge in [-0.25, -0.2) is 14.4 Å². The van der Waals surface area contributed by atoms with Gasteiger partial charge in [0, 0.05) is 19.2 Å². The van der Waals surface area contributed by atoms with Crippen LogP contribution in [0.25, 0.3) is 11.3 Å². The first-order valence-corrected chi connectivity index (χ1v) is 7.29. The molecule has 0 aliphatic carbocycles. The molecule has 0 bridgehead atoms. The van der Waals surface area contributed by atoms with Crippen molar-refractivity contribution in [3.63, 3.8) is 0 Å². The summed E-state index contributed by atoms with van der Waals surface area (Å²) in [6.07, 6.45) is 0. The first-order chi connectivity index (χ1) is 9.93. The lowest BCUT2D eigenvalue weighted by molar-refractivity contribution is 0.628. The summed E-state index contributed by atoms with van der Waals surface area (Å²) < 4.78 is 13.1. The Morgan fingerprint density at radius 1 is 1.14 bits per heavy atom. The standard InChI is InChI=1S/C17H22FN3/c1-6-21(5)17-19-15(11(2)3)12(4)16(20-17)13-7-9-14(18)10-8-13/h7-11H,6H2,1-5H3. The van der Waals surface area contributed by atoms with Crippen LogP contribution in [-0.4, -0.2) is 23.6 Å². The second-order valence-electron chi connectivity index (χ2n) is 5.56. The predicted octanol–water partition coefficient (Wildman–Crippen LogP) is 4.17. The molecule has 1 heterocycles. The Kier molecular flexibility index (Phi) is 4.56. The molecule has 1 aromatic carbocycles. The molecule has 0 amide bonds. The molecule has 2 rings (SSSR count). The number of aromatic nitrogens is 2. The highest BCUT2D eigenvalue weighted by Gasteiger charge is 2.16. The second kappa shape index (κ2) is 6.20. The van der Waals surface area contributed by atoms with Crippen molar-refractivity contribution in [2.75, 3.05) is 18.5 Å². The summed E-state index contributed by atoms with van der Waals surface area (Å²) in [4.78, 5) is 11.4. The molecule has 0 aliphatic heterocycles. The monoisotopic (exact) mass is 287 g/mol. The van der Waals surface area contributed by atoms with E-state index in [0.29, 0.717) is 11.9 Å². The van der Waals surface area contributed by atoms with Gasteiger partial charge in [-0.2, -0.15) is 0 Å². The van der Waals surface area contributed by atoms with Crippen molar-refractivity contribution < 1.29 is 4.39 Å². The molecule has 112 valence electrons. The molecule has 0 unspecified atom stereocenters. The smallest absolute Gasteiger partial charge is 0.225 e. The number of anilines is 1. The van der Waals surface area contributed by atoms with E-state index in [-0.39, 0.29) is 5.82 Å². The highest BCUT2D eigenvalue weighted by molar-refractivity contribution is 5.65. The van der Waals surface area contributed by atoms with E-state index in [2.05, 4.69) is 30.7 Å². The second-order valence-corrected chi connectivity index (χ2v) is 5.56. The third-order valence-electron chi connectivity index (χ3n) is 3.65. The lowest BCUT2D eigenvalue weighted by atomic mass is 10.00. The Balaban J connectivity index is 2.63. The number of halogens is 1. The van der Waals surface area contributed by atoms with Crippen LogP contribution in [0.3, 0.4) is 0 Å². The van der Waals surface area contributed by atoms with Gasteiger partial charge in [-0.1, -0.05) is 13.8 Å². The first-order valence-electron chi connectivity index (χ1n) is 7.29. The van der Waals surface area contributed by atoms with Crippen molar-refractivity contribution in [1.82, 2.24) is 9.97 Å². The minimum atomic E-state index is -0.236. The minimum absolute atomic E-state index is 0.236. The van der Waals surface area contributed by atoms with Crippen molar-refractivity contribution >= 4 is 5.95 Å². The summed E-state index contributed by atoms with van der Waals surface area (Å²) in [5.74, 6) is 0.794. The topological polar surface area (TPSA) is 29.0 Å². The van der Waals surface area contributed by atoms with Crippen LogP contribution in [-0.2, 0) is 0 Å². The summed E-state index contributed by atoms with van der Waals surface area (Å²) in [7, 11) is 1.98. The van der Waals surface area contributed by atoms with Gasteiger partial charge in [0.25, 0.3) is 0 Å². The van der Waals surface area contributed by atoms with Crippen molar-refractivity contribution in [1.29, 1.82) is 0 Å². The van der Waals surface area contributed by atoms with Crippen LogP contribution >= 0.6 is 0 Å². The third kappa shape index (κ3) is 3.20. The van der Waals surface area contributed by atoms with Crippen LogP contribution < -0.4 is 4.90 Å². The fourth-order valence-electron chi connectivity index (χ4n) is 2.28. The Morgan fingerprint density at radius 2 is 1.76 bits per heavy atom. The molecule has 0 fully saturated rings. The molecule has 0 N–H and O–H groups in total. The molecule has 3 nitrogen and oxygen atoms in total. The normalized spacial score (nSPS) is 11.0. The summed E-state index contributed by atoms with van der Waals surface area (Å²) in [6, 6.07) is 6.47. The van der Waals surface area contributed by atoms with Crippen molar-refractivity contribution in [2.24, 2.45) is 0 Å². The fourth-order valence-corrected chi connectivity index (χ4v) is 2.28. The zero-order valence-electron chi connectivity index (χ0n) is 13.3. The summed E-state index contributed by atoms with van der Waals surface area (Å²) >= 11 is 0. The largest absolute Gasteiger partial charge is 0.344 e. The Labute approximate surface area is 125 Å². The van der Waals surface area contributed by atoms with Crippen molar-refractivity contribution in [3.8, 4) is 11.3 Å². The maximum Gasteiger partial charge on any atom is 0.225 e. The van der Waals surface area contributed by atoms with E-state index in [0.717, 1.165) is 29.1 Å². The van der Waals surface area contributed by atoms with Crippen molar-refractivity contribution in [3.05, 3.63) is 41.3 Å². The first kappa shape index (κ1) is 15.4. The number of hydrogen-bond donors (Lipinski definition) is 0. The van der Waals surface area contributed by atoms with E-state index in [9.17, 15) is 4.39 Å².